The summed E-state index contributed by atoms with van der Waals surface area (Å²) in [6, 6.07) is 89.4. The molecule has 4 heteroatoms. The molecule has 0 aliphatic heterocycles. The van der Waals surface area contributed by atoms with Crippen LogP contribution in [0.4, 0.5) is 0 Å². The Hall–Kier alpha value is -8.18. The number of furan rings is 1. The van der Waals surface area contributed by atoms with Gasteiger partial charge in [0.2, 0.25) is 0 Å². The third kappa shape index (κ3) is 5.39. The van der Waals surface area contributed by atoms with E-state index in [-0.39, 0.29) is 0 Å². The molecule has 0 saturated heterocycles. The summed E-state index contributed by atoms with van der Waals surface area (Å²) in [5.74, 6) is 0. The minimum Gasteiger partial charge on any atom is -0.456 e. The molecule has 13 aromatic rings. The molecule has 0 fully saturated rings. The number of aromatic nitrogens is 2. The maximum absolute atomic E-state index is 6.20. The predicted molar refractivity (Wildman–Crippen MR) is 271 cm³/mol. The summed E-state index contributed by atoms with van der Waals surface area (Å²) in [5.41, 5.74) is 11.1. The number of hydrogen-bond acceptors (Lipinski definition) is 1. The molecule has 0 amide bonds. The average Bonchev–Trinajstić information content (AvgIpc) is 4.03. The van der Waals surface area contributed by atoms with Gasteiger partial charge >= 0.3 is 0 Å². The molecule has 0 aliphatic rings. The summed E-state index contributed by atoms with van der Waals surface area (Å²) >= 11 is 0. The summed E-state index contributed by atoms with van der Waals surface area (Å²) in [5, 5.41) is 12.6. The molecule has 0 N–H and O–H groups in total. The zero-order chi connectivity index (χ0) is 42.2. The van der Waals surface area contributed by atoms with Gasteiger partial charge in [-0.15, -0.1) is 0 Å². The van der Waals surface area contributed by atoms with Gasteiger partial charge in [-0.3, -0.25) is 0 Å². The number of nitrogens with zero attached hydrogens (tertiary/aromatic N) is 2. The van der Waals surface area contributed by atoms with E-state index in [1.54, 1.807) is 0 Å². The van der Waals surface area contributed by atoms with Crippen molar-refractivity contribution in [3.8, 4) is 22.5 Å². The first-order chi connectivity index (χ1) is 31.8. The van der Waals surface area contributed by atoms with Crippen LogP contribution < -0.4 is 20.7 Å². The van der Waals surface area contributed by atoms with Gasteiger partial charge < -0.3 is 13.6 Å². The average molecular weight is 833 g/mol. The van der Waals surface area contributed by atoms with Crippen molar-refractivity contribution >= 4 is 94.4 Å². The third-order valence-electron chi connectivity index (χ3n) is 13.5. The molecule has 64 heavy (non-hydrogen) atoms. The molecule has 0 radical (unpaired) electrons. The van der Waals surface area contributed by atoms with Crippen LogP contribution in [-0.2, 0) is 0 Å². The van der Waals surface area contributed by atoms with Crippen LogP contribution >= 0.6 is 0 Å². The van der Waals surface area contributed by atoms with E-state index in [0.29, 0.717) is 0 Å². The Labute approximate surface area is 371 Å². The lowest BCUT2D eigenvalue weighted by molar-refractivity contribution is 0.669. The van der Waals surface area contributed by atoms with Gasteiger partial charge in [0, 0.05) is 38.0 Å². The van der Waals surface area contributed by atoms with E-state index in [2.05, 4.69) is 240 Å². The lowest BCUT2D eigenvalue weighted by atomic mass is 10.0. The summed E-state index contributed by atoms with van der Waals surface area (Å²) in [7, 11) is -2.80. The number of fused-ring (bicyclic) bond motifs is 9. The maximum atomic E-state index is 6.20. The van der Waals surface area contributed by atoms with Crippen LogP contribution in [-0.4, -0.2) is 17.2 Å². The van der Waals surface area contributed by atoms with Crippen molar-refractivity contribution in [2.45, 2.75) is 0 Å². The molecule has 0 saturated carbocycles. The molecule has 0 spiro atoms. The number of rotatable bonds is 7. The quantitative estimate of drug-likeness (QED) is 0.116. The van der Waals surface area contributed by atoms with Crippen molar-refractivity contribution in [2.75, 3.05) is 0 Å². The zero-order valence-electron chi connectivity index (χ0n) is 34.9. The van der Waals surface area contributed by atoms with Crippen molar-refractivity contribution in [3.05, 3.63) is 243 Å². The maximum Gasteiger partial charge on any atom is 0.179 e. The summed E-state index contributed by atoms with van der Waals surface area (Å²) in [6.07, 6.45) is 0. The van der Waals surface area contributed by atoms with Gasteiger partial charge in [-0.05, 0) is 92.5 Å². The van der Waals surface area contributed by atoms with Crippen molar-refractivity contribution in [3.63, 3.8) is 0 Å². The SMILES string of the molecule is c1ccc([Si](c2ccccc2)(c2ccccc2)c2cccc(-n3c4ccccc4c4cccc(-n5c6ccccc6c6cc(-c7ccc8oc9ccccc9c8c7)ccc65)c43)c2)cc1. The molecule has 3 heterocycles. The summed E-state index contributed by atoms with van der Waals surface area (Å²) in [6.45, 7) is 0. The Morgan fingerprint density at radius 1 is 0.297 bits per heavy atom. The molecule has 0 atom stereocenters. The van der Waals surface area contributed by atoms with Crippen LogP contribution in [0.1, 0.15) is 0 Å². The van der Waals surface area contributed by atoms with Crippen LogP contribution in [0, 0.1) is 0 Å². The molecule has 3 nitrogen and oxygen atoms in total. The number of para-hydroxylation sites is 4. The van der Waals surface area contributed by atoms with E-state index in [1.807, 2.05) is 12.1 Å². The van der Waals surface area contributed by atoms with E-state index in [9.17, 15) is 0 Å². The van der Waals surface area contributed by atoms with Gasteiger partial charge in [0.15, 0.2) is 8.07 Å². The Morgan fingerprint density at radius 3 is 1.47 bits per heavy atom. The third-order valence-corrected chi connectivity index (χ3v) is 18.2. The first kappa shape index (κ1) is 36.5. The van der Waals surface area contributed by atoms with Crippen LogP contribution in [0.3, 0.4) is 0 Å². The lowest BCUT2D eigenvalue weighted by Gasteiger charge is -2.34. The monoisotopic (exact) mass is 832 g/mol. The summed E-state index contributed by atoms with van der Waals surface area (Å²) in [4.78, 5) is 0. The molecule has 300 valence electrons. The molecule has 10 aromatic carbocycles. The van der Waals surface area contributed by atoms with Gasteiger partial charge in [-0.2, -0.15) is 0 Å². The Balaban J connectivity index is 1.06. The predicted octanol–water partition coefficient (Wildman–Crippen LogP) is 12.8. The van der Waals surface area contributed by atoms with Crippen LogP contribution in [0.25, 0.3) is 88.1 Å². The van der Waals surface area contributed by atoms with E-state index < -0.39 is 8.07 Å². The highest BCUT2D eigenvalue weighted by Crippen LogP contribution is 2.41. The van der Waals surface area contributed by atoms with Crippen LogP contribution in [0.2, 0.25) is 0 Å². The minimum atomic E-state index is -2.80. The number of hydrogen-bond donors (Lipinski definition) is 0. The van der Waals surface area contributed by atoms with Gasteiger partial charge in [0.1, 0.15) is 11.2 Å². The number of benzene rings is 10. The zero-order valence-corrected chi connectivity index (χ0v) is 35.9. The van der Waals surface area contributed by atoms with Gasteiger partial charge in [-0.1, -0.05) is 182 Å². The highest BCUT2D eigenvalue weighted by molar-refractivity contribution is 7.19. The van der Waals surface area contributed by atoms with E-state index in [1.165, 1.54) is 75.5 Å². The first-order valence-corrected chi connectivity index (χ1v) is 24.0. The molecular formula is C60H40N2OSi. The molecule has 0 bridgehead atoms. The lowest BCUT2D eigenvalue weighted by Crippen LogP contribution is -2.74. The standard InChI is InChI=1S/C60H40N2OSi/c1-4-19-44(20-5-1)64(45-21-6-2-7-22-45,46-23-8-3-9-24-46)47-25-16-18-43(40-47)61-54-30-13-10-26-48(54)51-29-17-32-57(60(51)61)62-55-31-14-11-27-49(55)52-38-41(34-36-56(52)62)42-35-37-59-53(39-42)50-28-12-15-33-58(50)63-59/h1-40H. The van der Waals surface area contributed by atoms with Crippen LogP contribution in [0.5, 0.6) is 0 Å². The van der Waals surface area contributed by atoms with Crippen LogP contribution in [0.15, 0.2) is 247 Å². The minimum absolute atomic E-state index is 0.907. The van der Waals surface area contributed by atoms with Crippen molar-refractivity contribution < 1.29 is 4.42 Å². The fourth-order valence-electron chi connectivity index (χ4n) is 10.7. The van der Waals surface area contributed by atoms with E-state index in [4.69, 9.17) is 4.42 Å². The summed E-state index contributed by atoms with van der Waals surface area (Å²) < 4.78 is 11.2. The fourth-order valence-corrected chi connectivity index (χ4v) is 15.5. The second-order valence-corrected chi connectivity index (χ2v) is 20.6. The second kappa shape index (κ2) is 14.5. The Kier molecular flexibility index (Phi) is 8.23. The Morgan fingerprint density at radius 2 is 0.781 bits per heavy atom. The van der Waals surface area contributed by atoms with Gasteiger partial charge in [0.25, 0.3) is 0 Å². The molecular weight excluding hydrogens is 793 g/mol. The van der Waals surface area contributed by atoms with Gasteiger partial charge in [-0.25, -0.2) is 0 Å². The fraction of sp³-hybridized carbons (Fsp3) is 0. The van der Waals surface area contributed by atoms with Crippen molar-refractivity contribution in [1.29, 1.82) is 0 Å². The second-order valence-electron chi connectivity index (χ2n) is 16.8. The van der Waals surface area contributed by atoms with Crippen molar-refractivity contribution in [2.24, 2.45) is 0 Å². The molecule has 0 aliphatic carbocycles. The van der Waals surface area contributed by atoms with E-state index >= 15 is 0 Å². The Bertz CT molecular complexity index is 3800. The largest absolute Gasteiger partial charge is 0.456 e. The van der Waals surface area contributed by atoms with E-state index in [0.717, 1.165) is 33.3 Å². The topological polar surface area (TPSA) is 23.0 Å². The highest BCUT2D eigenvalue weighted by atomic mass is 28.3. The smallest absolute Gasteiger partial charge is 0.179 e. The molecule has 0 unspecified atom stereocenters. The van der Waals surface area contributed by atoms with Gasteiger partial charge in [0.05, 0.1) is 27.8 Å². The molecule has 3 aromatic heterocycles. The van der Waals surface area contributed by atoms with Crippen molar-refractivity contribution in [1.82, 2.24) is 9.13 Å². The molecule has 13 rings (SSSR count). The highest BCUT2D eigenvalue weighted by Gasteiger charge is 2.41. The normalized spacial score (nSPS) is 12.1. The first-order valence-electron chi connectivity index (χ1n) is 22.0.